The van der Waals surface area contributed by atoms with Crippen LogP contribution in [-0.2, 0) is 6.54 Å². The fraction of sp³-hybridized carbons (Fsp3) is 0.0769. The van der Waals surface area contributed by atoms with Gasteiger partial charge in [-0.05, 0) is 29.8 Å². The molecule has 94 valence electrons. The molecule has 0 atom stereocenters. The lowest BCUT2D eigenvalue weighted by Crippen LogP contribution is -1.99. The zero-order valence-corrected chi connectivity index (χ0v) is 12.2. The minimum atomic E-state index is 0.440. The second kappa shape index (κ2) is 6.03. The van der Waals surface area contributed by atoms with Crippen molar-refractivity contribution in [3.8, 4) is 0 Å². The molecule has 0 unspecified atom stereocenters. The molecule has 0 aromatic heterocycles. The van der Waals surface area contributed by atoms with Crippen LogP contribution in [0.15, 0.2) is 36.4 Å². The standard InChI is InChI=1S/C13H9Cl4N/c14-9-3-1-2-8(4-9)7-18-13-6-11(16)10(15)5-12(13)17/h1-6,18H,7H2. The van der Waals surface area contributed by atoms with Gasteiger partial charge in [0.1, 0.15) is 0 Å². The van der Waals surface area contributed by atoms with Crippen LogP contribution in [0.5, 0.6) is 0 Å². The highest BCUT2D eigenvalue weighted by Crippen LogP contribution is 2.32. The first-order valence-corrected chi connectivity index (χ1v) is 6.70. The Labute approximate surface area is 126 Å². The monoisotopic (exact) mass is 319 g/mol. The van der Waals surface area contributed by atoms with E-state index in [1.165, 1.54) is 0 Å². The second-order valence-corrected chi connectivity index (χ2v) is 5.39. The summed E-state index contributed by atoms with van der Waals surface area (Å²) >= 11 is 23.8. The van der Waals surface area contributed by atoms with Gasteiger partial charge in [0.05, 0.1) is 20.8 Å². The molecule has 0 radical (unpaired) electrons. The van der Waals surface area contributed by atoms with Crippen LogP contribution < -0.4 is 5.32 Å². The summed E-state index contributed by atoms with van der Waals surface area (Å²) in [5, 5.41) is 5.33. The highest BCUT2D eigenvalue weighted by Gasteiger charge is 2.05. The molecule has 0 saturated carbocycles. The predicted molar refractivity (Wildman–Crippen MR) is 80.3 cm³/mol. The number of benzene rings is 2. The van der Waals surface area contributed by atoms with E-state index in [4.69, 9.17) is 46.4 Å². The van der Waals surface area contributed by atoms with E-state index in [0.717, 1.165) is 11.3 Å². The lowest BCUT2D eigenvalue weighted by Gasteiger charge is -2.10. The molecule has 5 heteroatoms. The summed E-state index contributed by atoms with van der Waals surface area (Å²) in [7, 11) is 0. The molecule has 0 aliphatic rings. The molecule has 2 rings (SSSR count). The molecule has 0 amide bonds. The van der Waals surface area contributed by atoms with E-state index < -0.39 is 0 Å². The summed E-state index contributed by atoms with van der Waals surface area (Å²) in [6.45, 7) is 0.609. The van der Waals surface area contributed by atoms with E-state index in [-0.39, 0.29) is 0 Å². The summed E-state index contributed by atoms with van der Waals surface area (Å²) in [5.74, 6) is 0. The third kappa shape index (κ3) is 3.46. The molecule has 1 N–H and O–H groups in total. The summed E-state index contributed by atoms with van der Waals surface area (Å²) < 4.78 is 0. The number of hydrogen-bond acceptors (Lipinski definition) is 1. The van der Waals surface area contributed by atoms with E-state index in [9.17, 15) is 0 Å². The Morgan fingerprint density at radius 1 is 0.833 bits per heavy atom. The normalized spacial score (nSPS) is 10.4. The second-order valence-electron chi connectivity index (χ2n) is 3.73. The summed E-state index contributed by atoms with van der Waals surface area (Å²) in [6.07, 6.45) is 0. The van der Waals surface area contributed by atoms with Crippen molar-refractivity contribution in [2.75, 3.05) is 5.32 Å². The van der Waals surface area contributed by atoms with Gasteiger partial charge in [-0.3, -0.25) is 0 Å². The molecule has 0 aliphatic carbocycles. The van der Waals surface area contributed by atoms with Gasteiger partial charge in [0.15, 0.2) is 0 Å². The van der Waals surface area contributed by atoms with E-state index in [1.807, 2.05) is 24.3 Å². The van der Waals surface area contributed by atoms with Gasteiger partial charge in [0.2, 0.25) is 0 Å². The van der Waals surface area contributed by atoms with Gasteiger partial charge in [-0.1, -0.05) is 58.5 Å². The van der Waals surface area contributed by atoms with Gasteiger partial charge < -0.3 is 5.32 Å². The molecule has 1 nitrogen and oxygen atoms in total. The van der Waals surface area contributed by atoms with Crippen LogP contribution in [0.25, 0.3) is 0 Å². The number of nitrogens with one attached hydrogen (secondary N) is 1. The minimum absolute atomic E-state index is 0.440. The zero-order valence-electron chi connectivity index (χ0n) is 9.18. The van der Waals surface area contributed by atoms with Crippen LogP contribution in [0.4, 0.5) is 5.69 Å². The first kappa shape index (κ1) is 13.8. The largest absolute Gasteiger partial charge is 0.380 e. The number of halogens is 4. The van der Waals surface area contributed by atoms with E-state index >= 15 is 0 Å². The molecule has 0 aliphatic heterocycles. The van der Waals surface area contributed by atoms with Crippen molar-refractivity contribution in [2.45, 2.75) is 6.54 Å². The summed E-state index contributed by atoms with van der Waals surface area (Å²) in [6, 6.07) is 10.9. The SMILES string of the molecule is Clc1cccc(CNc2cc(Cl)c(Cl)cc2Cl)c1. The number of hydrogen-bond donors (Lipinski definition) is 1. The molecule has 0 heterocycles. The quantitative estimate of drug-likeness (QED) is 0.693. The maximum atomic E-state index is 6.07. The molecule has 0 saturated heterocycles. The van der Waals surface area contributed by atoms with Gasteiger partial charge in [-0.15, -0.1) is 0 Å². The molecular weight excluding hydrogens is 312 g/mol. The van der Waals surface area contributed by atoms with Crippen LogP contribution in [0, 0.1) is 0 Å². The van der Waals surface area contributed by atoms with Crippen molar-refractivity contribution in [1.82, 2.24) is 0 Å². The van der Waals surface area contributed by atoms with Crippen LogP contribution in [0.1, 0.15) is 5.56 Å². The fourth-order valence-electron chi connectivity index (χ4n) is 1.50. The van der Waals surface area contributed by atoms with Gasteiger partial charge in [-0.2, -0.15) is 0 Å². The fourth-order valence-corrected chi connectivity index (χ4v) is 2.33. The Kier molecular flexibility index (Phi) is 4.63. The van der Waals surface area contributed by atoms with Crippen molar-refractivity contribution in [3.63, 3.8) is 0 Å². The van der Waals surface area contributed by atoms with Crippen LogP contribution >= 0.6 is 46.4 Å². The predicted octanol–water partition coefficient (Wildman–Crippen LogP) is 5.91. The van der Waals surface area contributed by atoms with Crippen molar-refractivity contribution in [1.29, 1.82) is 0 Å². The van der Waals surface area contributed by atoms with Gasteiger partial charge in [-0.25, -0.2) is 0 Å². The molecule has 2 aromatic carbocycles. The third-order valence-electron chi connectivity index (χ3n) is 2.38. The third-order valence-corrected chi connectivity index (χ3v) is 3.65. The Morgan fingerprint density at radius 2 is 1.56 bits per heavy atom. The molecule has 0 spiro atoms. The highest BCUT2D eigenvalue weighted by molar-refractivity contribution is 6.44. The molecule has 0 bridgehead atoms. The van der Waals surface area contributed by atoms with Crippen molar-refractivity contribution in [2.24, 2.45) is 0 Å². The maximum Gasteiger partial charge on any atom is 0.0653 e. The van der Waals surface area contributed by atoms with Crippen molar-refractivity contribution in [3.05, 3.63) is 62.1 Å². The van der Waals surface area contributed by atoms with Crippen molar-refractivity contribution >= 4 is 52.1 Å². The van der Waals surface area contributed by atoms with Crippen molar-refractivity contribution < 1.29 is 0 Å². The maximum absolute atomic E-state index is 6.07. The number of rotatable bonds is 3. The summed E-state index contributed by atoms with van der Waals surface area (Å²) in [4.78, 5) is 0. The topological polar surface area (TPSA) is 12.0 Å². The lowest BCUT2D eigenvalue weighted by atomic mass is 10.2. The first-order chi connectivity index (χ1) is 8.56. The zero-order chi connectivity index (χ0) is 13.1. The first-order valence-electron chi connectivity index (χ1n) is 5.19. The van der Waals surface area contributed by atoms with E-state index in [2.05, 4.69) is 5.32 Å². The summed E-state index contributed by atoms with van der Waals surface area (Å²) in [5.41, 5.74) is 1.80. The average molecular weight is 321 g/mol. The highest BCUT2D eigenvalue weighted by atomic mass is 35.5. The van der Waals surface area contributed by atoms with Gasteiger partial charge in [0.25, 0.3) is 0 Å². The molecular formula is C13H9Cl4N. The molecule has 18 heavy (non-hydrogen) atoms. The van der Waals surface area contributed by atoms with E-state index in [0.29, 0.717) is 26.6 Å². The van der Waals surface area contributed by atoms with E-state index in [1.54, 1.807) is 12.1 Å². The molecule has 2 aromatic rings. The number of anilines is 1. The lowest BCUT2D eigenvalue weighted by molar-refractivity contribution is 1.15. The Morgan fingerprint density at radius 3 is 2.28 bits per heavy atom. The Balaban J connectivity index is 2.13. The minimum Gasteiger partial charge on any atom is -0.380 e. The van der Waals surface area contributed by atoms with Crippen LogP contribution in [-0.4, -0.2) is 0 Å². The van der Waals surface area contributed by atoms with Crippen LogP contribution in [0.2, 0.25) is 20.1 Å². The smallest absolute Gasteiger partial charge is 0.0653 e. The molecule has 0 fully saturated rings. The Bertz CT molecular complexity index is 569. The Hall–Kier alpha value is -0.600. The average Bonchev–Trinajstić information content (AvgIpc) is 2.32. The van der Waals surface area contributed by atoms with Crippen LogP contribution in [0.3, 0.4) is 0 Å². The van der Waals surface area contributed by atoms with Gasteiger partial charge in [0, 0.05) is 11.6 Å². The van der Waals surface area contributed by atoms with Gasteiger partial charge >= 0.3 is 0 Å².